The highest BCUT2D eigenvalue weighted by Crippen LogP contribution is 2.65. The van der Waals surface area contributed by atoms with Gasteiger partial charge in [0.1, 0.15) is 22.2 Å². The van der Waals surface area contributed by atoms with Crippen molar-refractivity contribution in [2.45, 2.75) is 76.5 Å². The van der Waals surface area contributed by atoms with Crippen molar-refractivity contribution in [2.24, 2.45) is 5.41 Å². The molecule has 1 spiro atoms. The maximum Gasteiger partial charge on any atom is 0.316 e. The number of esters is 1. The second kappa shape index (κ2) is 7.43. The molecule has 154 valence electrons. The molecule has 0 N–H and O–H groups in total. The number of nitrogens with zero attached hydrogens (tertiary/aromatic N) is 1. The van der Waals surface area contributed by atoms with Crippen LogP contribution in [0.2, 0.25) is 0 Å². The number of rotatable bonds is 5. The maximum atomic E-state index is 13.7. The largest absolute Gasteiger partial charge is 0.466 e. The average Bonchev–Trinajstić information content (AvgIpc) is 3.16. The van der Waals surface area contributed by atoms with Gasteiger partial charge in [-0.25, -0.2) is 0 Å². The number of hydrogen-bond donors (Lipinski definition) is 0. The molecule has 1 aromatic heterocycles. The Morgan fingerprint density at radius 2 is 2.07 bits per heavy atom. The highest BCUT2D eigenvalue weighted by Gasteiger charge is 2.74. The molecule has 3 aliphatic rings. The summed E-state index contributed by atoms with van der Waals surface area (Å²) in [7, 11) is 0. The van der Waals surface area contributed by atoms with Crippen LogP contribution in [0.15, 0.2) is 10.5 Å². The van der Waals surface area contributed by atoms with Crippen LogP contribution in [0, 0.1) is 5.41 Å². The predicted molar refractivity (Wildman–Crippen MR) is 109 cm³/mol. The number of ether oxygens (including phenoxy) is 1. The van der Waals surface area contributed by atoms with E-state index in [1.54, 1.807) is 11.8 Å². The fourth-order valence-corrected chi connectivity index (χ4v) is 7.21. The molecule has 1 aromatic rings. The molecule has 2 aliphatic heterocycles. The second-order valence-corrected chi connectivity index (χ2v) is 9.47. The third-order valence-electron chi connectivity index (χ3n) is 6.91. The lowest BCUT2D eigenvalue weighted by Gasteiger charge is -2.51. The average molecular weight is 406 g/mol. The van der Waals surface area contributed by atoms with Crippen molar-refractivity contribution < 1.29 is 18.7 Å². The molecule has 1 aliphatic carbocycles. The third kappa shape index (κ3) is 2.45. The molecule has 2 fully saturated rings. The monoisotopic (exact) mass is 405 g/mol. The van der Waals surface area contributed by atoms with Crippen LogP contribution in [0.25, 0.3) is 0 Å². The van der Waals surface area contributed by atoms with Crippen molar-refractivity contribution in [1.82, 2.24) is 4.90 Å². The second-order valence-electron chi connectivity index (χ2n) is 8.09. The van der Waals surface area contributed by atoms with Crippen LogP contribution in [0.1, 0.15) is 70.0 Å². The van der Waals surface area contributed by atoms with Gasteiger partial charge >= 0.3 is 5.97 Å². The molecular weight excluding hydrogens is 374 g/mol. The number of thioether (sulfide) groups is 1. The van der Waals surface area contributed by atoms with E-state index in [0.717, 1.165) is 61.4 Å². The molecular formula is C22H31NO4S. The number of carbonyl (C=O) groups excluding carboxylic acids is 2. The normalized spacial score (nSPS) is 31.8. The van der Waals surface area contributed by atoms with E-state index in [-0.39, 0.29) is 17.1 Å². The van der Waals surface area contributed by atoms with E-state index < -0.39 is 11.0 Å². The first-order valence-electron chi connectivity index (χ1n) is 10.8. The molecule has 1 saturated carbocycles. The highest BCUT2D eigenvalue weighted by molar-refractivity contribution is 8.00. The van der Waals surface area contributed by atoms with Gasteiger partial charge in [-0.05, 0) is 38.0 Å². The molecule has 3 atom stereocenters. The zero-order valence-corrected chi connectivity index (χ0v) is 18.0. The number of fused-ring (bicyclic) bond motifs is 1. The summed E-state index contributed by atoms with van der Waals surface area (Å²) in [6, 6.07) is 2.14. The summed E-state index contributed by atoms with van der Waals surface area (Å²) in [5.41, 5.74) is -0.362. The first-order chi connectivity index (χ1) is 13.6. The molecule has 6 heteroatoms. The van der Waals surface area contributed by atoms with Crippen LogP contribution in [0.5, 0.6) is 0 Å². The van der Waals surface area contributed by atoms with Gasteiger partial charge in [-0.2, -0.15) is 0 Å². The fraction of sp³-hybridized carbons (Fsp3) is 0.727. The summed E-state index contributed by atoms with van der Waals surface area (Å²) < 4.78 is 11.9. The van der Waals surface area contributed by atoms with Gasteiger partial charge in [0.2, 0.25) is 5.91 Å². The van der Waals surface area contributed by atoms with Crippen molar-refractivity contribution in [2.75, 3.05) is 18.9 Å². The van der Waals surface area contributed by atoms with E-state index in [1.807, 2.05) is 6.92 Å². The molecule has 1 amide bonds. The lowest BCUT2D eigenvalue weighted by Crippen LogP contribution is -2.58. The summed E-state index contributed by atoms with van der Waals surface area (Å²) in [5.74, 6) is 2.66. The Bertz CT molecular complexity index is 775. The molecule has 0 radical (unpaired) electrons. The number of furan rings is 1. The van der Waals surface area contributed by atoms with Gasteiger partial charge in [0.15, 0.2) is 0 Å². The Morgan fingerprint density at radius 3 is 2.79 bits per heavy atom. The molecule has 4 rings (SSSR count). The zero-order valence-electron chi connectivity index (χ0n) is 17.2. The van der Waals surface area contributed by atoms with Crippen molar-refractivity contribution >= 4 is 23.6 Å². The summed E-state index contributed by atoms with van der Waals surface area (Å²) in [6.07, 6.45) is 6.00. The highest BCUT2D eigenvalue weighted by atomic mass is 32.2. The maximum absolute atomic E-state index is 13.7. The van der Waals surface area contributed by atoms with Gasteiger partial charge in [-0.3, -0.25) is 9.59 Å². The Hall–Kier alpha value is -1.43. The van der Waals surface area contributed by atoms with Gasteiger partial charge in [-0.1, -0.05) is 26.7 Å². The van der Waals surface area contributed by atoms with Gasteiger partial charge in [0.05, 0.1) is 12.1 Å². The van der Waals surface area contributed by atoms with Crippen LogP contribution in [0.3, 0.4) is 0 Å². The van der Waals surface area contributed by atoms with E-state index in [9.17, 15) is 9.59 Å². The van der Waals surface area contributed by atoms with Crippen molar-refractivity contribution in [1.29, 1.82) is 0 Å². The molecule has 0 bridgehead atoms. The summed E-state index contributed by atoms with van der Waals surface area (Å²) in [5, 5.41) is -0.372. The minimum absolute atomic E-state index is 0.119. The quantitative estimate of drug-likeness (QED) is 0.691. The smallest absolute Gasteiger partial charge is 0.316 e. The van der Waals surface area contributed by atoms with Gasteiger partial charge in [-0.15, -0.1) is 11.8 Å². The summed E-state index contributed by atoms with van der Waals surface area (Å²) >= 11 is 1.62. The number of carbonyl (C=O) groups is 2. The van der Waals surface area contributed by atoms with Crippen LogP contribution in [-0.4, -0.2) is 40.9 Å². The van der Waals surface area contributed by atoms with Gasteiger partial charge in [0.25, 0.3) is 0 Å². The number of amides is 1. The van der Waals surface area contributed by atoms with E-state index in [1.165, 1.54) is 0 Å². The van der Waals surface area contributed by atoms with Crippen LogP contribution in [0.4, 0.5) is 0 Å². The number of hydrogen-bond acceptors (Lipinski definition) is 5. The van der Waals surface area contributed by atoms with E-state index in [2.05, 4.69) is 24.8 Å². The van der Waals surface area contributed by atoms with Crippen molar-refractivity contribution in [3.05, 3.63) is 23.2 Å². The molecule has 5 nitrogen and oxygen atoms in total. The third-order valence-corrected chi connectivity index (χ3v) is 8.18. The lowest BCUT2D eigenvalue weighted by atomic mass is 9.58. The first-order valence-corrected chi connectivity index (χ1v) is 11.8. The topological polar surface area (TPSA) is 59.8 Å². The van der Waals surface area contributed by atoms with E-state index >= 15 is 0 Å². The first kappa shape index (κ1) is 19.9. The lowest BCUT2D eigenvalue weighted by molar-refractivity contribution is -0.166. The predicted octanol–water partition coefficient (Wildman–Crippen LogP) is 4.07. The van der Waals surface area contributed by atoms with Gasteiger partial charge in [0, 0.05) is 24.9 Å². The fourth-order valence-electron chi connectivity index (χ4n) is 5.91. The standard InChI is InChI=1S/C22H31NO4S/c1-4-15-14-16-17(27-15)10-9-13-23-19(24)18(28-6-3)21(20(25)26-5-2)11-7-8-12-22(16,21)23/h14,18H,4-13H2,1-3H3/t18-,21+,22+/m1/s1. The van der Waals surface area contributed by atoms with Crippen LogP contribution in [-0.2, 0) is 32.7 Å². The van der Waals surface area contributed by atoms with Crippen molar-refractivity contribution in [3.63, 3.8) is 0 Å². The molecule has 0 unspecified atom stereocenters. The zero-order chi connectivity index (χ0) is 19.9. The molecule has 28 heavy (non-hydrogen) atoms. The van der Waals surface area contributed by atoms with Crippen LogP contribution >= 0.6 is 11.8 Å². The molecule has 0 aromatic carbocycles. The van der Waals surface area contributed by atoms with E-state index in [0.29, 0.717) is 19.6 Å². The molecule has 1 saturated heterocycles. The minimum Gasteiger partial charge on any atom is -0.466 e. The Labute approximate surface area is 171 Å². The summed E-state index contributed by atoms with van der Waals surface area (Å²) in [6.45, 7) is 7.03. The minimum atomic E-state index is -0.826. The Kier molecular flexibility index (Phi) is 5.27. The Morgan fingerprint density at radius 1 is 1.29 bits per heavy atom. The SMILES string of the molecule is CCOC(=O)[C@@]12CCCC[C@]13c1cc(CC)oc1CCCN3C(=O)[C@H]2SCC. The van der Waals surface area contributed by atoms with Crippen LogP contribution < -0.4 is 0 Å². The molecule has 3 heterocycles. The summed E-state index contributed by atoms with van der Waals surface area (Å²) in [4.78, 5) is 29.4. The van der Waals surface area contributed by atoms with Gasteiger partial charge < -0.3 is 14.1 Å². The van der Waals surface area contributed by atoms with Crippen molar-refractivity contribution in [3.8, 4) is 0 Å². The van der Waals surface area contributed by atoms with E-state index in [4.69, 9.17) is 9.15 Å². The number of aryl methyl sites for hydroxylation is 2. The Balaban J connectivity index is 2.00.